The van der Waals surface area contributed by atoms with E-state index < -0.39 is 11.9 Å². The SMILES string of the molecule is O=C1CCC(N2Cc3c(CCCCCC(=O)Nc4cccc(-c5ccc6c(c5)[C@H]5[C@H](CCN5Cc5ccncc5)[C@@H](CO)N6)c4)cccc3C2=O)C(=O)N1. The molecule has 0 aliphatic carbocycles. The lowest BCUT2D eigenvalue weighted by Gasteiger charge is -2.39. The van der Waals surface area contributed by atoms with E-state index in [1.54, 1.807) is 4.90 Å². The van der Waals surface area contributed by atoms with Crippen molar-refractivity contribution in [1.29, 1.82) is 0 Å². The summed E-state index contributed by atoms with van der Waals surface area (Å²) in [5.41, 5.74) is 9.07. The van der Waals surface area contributed by atoms with Crippen LogP contribution in [0.2, 0.25) is 0 Å². The van der Waals surface area contributed by atoms with Gasteiger partial charge in [-0.3, -0.25) is 34.4 Å². The van der Waals surface area contributed by atoms with Crippen molar-refractivity contribution in [2.75, 3.05) is 23.8 Å². The van der Waals surface area contributed by atoms with E-state index in [1.807, 2.05) is 48.8 Å². The van der Waals surface area contributed by atoms with Crippen molar-refractivity contribution in [2.45, 2.75) is 82.6 Å². The third-order valence-corrected chi connectivity index (χ3v) is 11.6. The highest BCUT2D eigenvalue weighted by Crippen LogP contribution is 2.48. The fourth-order valence-corrected chi connectivity index (χ4v) is 8.90. The lowest BCUT2D eigenvalue weighted by molar-refractivity contribution is -0.137. The van der Waals surface area contributed by atoms with Crippen molar-refractivity contribution < 1.29 is 24.3 Å². The molecule has 4 aliphatic heterocycles. The Morgan fingerprint density at radius 1 is 0.926 bits per heavy atom. The molecule has 4 amide bonds. The molecule has 1 unspecified atom stereocenters. The fourth-order valence-electron chi connectivity index (χ4n) is 8.90. The number of nitrogens with zero attached hydrogens (tertiary/aromatic N) is 3. The van der Waals surface area contributed by atoms with Crippen LogP contribution in [0.5, 0.6) is 0 Å². The van der Waals surface area contributed by atoms with Crippen LogP contribution >= 0.6 is 0 Å². The zero-order valence-corrected chi connectivity index (χ0v) is 30.3. The summed E-state index contributed by atoms with van der Waals surface area (Å²) >= 11 is 0. The van der Waals surface area contributed by atoms with Gasteiger partial charge in [-0.25, -0.2) is 0 Å². The number of hydrogen-bond acceptors (Lipinski definition) is 8. The summed E-state index contributed by atoms with van der Waals surface area (Å²) in [7, 11) is 0. The van der Waals surface area contributed by atoms with E-state index in [4.69, 9.17) is 0 Å². The van der Waals surface area contributed by atoms with Crippen LogP contribution in [0.4, 0.5) is 11.4 Å². The van der Waals surface area contributed by atoms with Crippen LogP contribution in [0.15, 0.2) is 85.2 Å². The van der Waals surface area contributed by atoms with Gasteiger partial charge in [-0.2, -0.15) is 0 Å². The minimum atomic E-state index is -0.625. The standard InChI is InChI=1S/C43H46N6O5/c50-26-37-33-18-21-48(24-27-16-19-44-20-17-27)41(33)34-23-30(12-13-36(34)46-37)29-8-4-9-31(22-29)45-39(51)11-3-1-2-6-28-7-5-10-32-35(28)25-49(43(32)54)38-14-15-40(52)47-42(38)53/h4-5,7-10,12-13,16-17,19-20,22-23,33,37-38,41,46,50H,1-3,6,11,14-15,18,21,24-26H2,(H,45,51)(H,47,52,53)/t33-,37-,38?,41-/m1/s1. The van der Waals surface area contributed by atoms with Crippen LogP contribution in [0.1, 0.15) is 83.6 Å². The van der Waals surface area contributed by atoms with Gasteiger partial charge in [0.25, 0.3) is 5.91 Å². The zero-order chi connectivity index (χ0) is 37.2. The number of likely N-dealkylation sites (tertiary alicyclic amines) is 1. The molecule has 278 valence electrons. The van der Waals surface area contributed by atoms with E-state index in [-0.39, 0.29) is 42.8 Å². The molecule has 0 radical (unpaired) electrons. The number of rotatable bonds is 12. The van der Waals surface area contributed by atoms with E-state index in [1.165, 1.54) is 11.1 Å². The third-order valence-electron chi connectivity index (χ3n) is 11.6. The van der Waals surface area contributed by atoms with E-state index in [0.29, 0.717) is 30.9 Å². The Kier molecular flexibility index (Phi) is 10.2. The molecular formula is C43H46N6O5. The number of hydrogen-bond donors (Lipinski definition) is 4. The van der Waals surface area contributed by atoms with Crippen LogP contribution in [0.25, 0.3) is 11.1 Å². The Hall–Kier alpha value is -5.39. The number of unbranched alkanes of at least 4 members (excludes halogenated alkanes) is 2. The van der Waals surface area contributed by atoms with Crippen molar-refractivity contribution in [1.82, 2.24) is 20.1 Å². The van der Waals surface area contributed by atoms with Crippen LogP contribution in [-0.2, 0) is 33.9 Å². The predicted molar refractivity (Wildman–Crippen MR) is 205 cm³/mol. The highest BCUT2D eigenvalue weighted by molar-refractivity contribution is 6.05. The first-order valence-corrected chi connectivity index (χ1v) is 19.2. The van der Waals surface area contributed by atoms with Crippen LogP contribution < -0.4 is 16.0 Å². The summed E-state index contributed by atoms with van der Waals surface area (Å²) in [6.07, 6.45) is 8.94. The Balaban J connectivity index is 0.862. The molecule has 11 heteroatoms. The number of imide groups is 1. The third kappa shape index (κ3) is 7.25. The molecule has 4 aromatic rings. The lowest BCUT2D eigenvalue weighted by atomic mass is 9.82. The molecule has 2 saturated heterocycles. The number of aryl methyl sites for hydroxylation is 1. The quantitative estimate of drug-likeness (QED) is 0.109. The maximum atomic E-state index is 13.2. The smallest absolute Gasteiger partial charge is 0.255 e. The van der Waals surface area contributed by atoms with Gasteiger partial charge in [-0.05, 0) is 114 Å². The Bertz CT molecular complexity index is 2070. The molecule has 0 saturated carbocycles. The Morgan fingerprint density at radius 3 is 2.59 bits per heavy atom. The average molecular weight is 727 g/mol. The number of carbonyl (C=O) groups excluding carboxylic acids is 4. The molecule has 11 nitrogen and oxygen atoms in total. The minimum absolute atomic E-state index is 0.0110. The molecule has 4 aliphatic rings. The van der Waals surface area contributed by atoms with E-state index in [2.05, 4.69) is 62.2 Å². The van der Waals surface area contributed by atoms with E-state index in [0.717, 1.165) is 78.8 Å². The average Bonchev–Trinajstić information content (AvgIpc) is 3.76. The number of anilines is 2. The molecular weight excluding hydrogens is 681 g/mol. The maximum absolute atomic E-state index is 13.2. The maximum Gasteiger partial charge on any atom is 0.255 e. The number of aliphatic hydroxyl groups is 1. The van der Waals surface area contributed by atoms with Crippen molar-refractivity contribution in [2.24, 2.45) is 5.92 Å². The van der Waals surface area contributed by atoms with Crippen molar-refractivity contribution in [3.8, 4) is 11.1 Å². The monoisotopic (exact) mass is 726 g/mol. The van der Waals surface area contributed by atoms with Gasteiger partial charge >= 0.3 is 0 Å². The van der Waals surface area contributed by atoms with Gasteiger partial charge in [0.05, 0.1) is 12.6 Å². The first-order valence-electron chi connectivity index (χ1n) is 19.2. The summed E-state index contributed by atoms with van der Waals surface area (Å²) in [4.78, 5) is 58.6. The number of aliphatic hydroxyl groups excluding tert-OH is 1. The van der Waals surface area contributed by atoms with Crippen LogP contribution in [-0.4, -0.2) is 68.8 Å². The lowest BCUT2D eigenvalue weighted by Crippen LogP contribution is -2.52. The molecule has 5 heterocycles. The molecule has 4 N–H and O–H groups in total. The molecule has 0 bridgehead atoms. The summed E-state index contributed by atoms with van der Waals surface area (Å²) in [5, 5.41) is 19.3. The van der Waals surface area contributed by atoms with Crippen molar-refractivity contribution in [3.05, 3.63) is 113 Å². The van der Waals surface area contributed by atoms with E-state index in [9.17, 15) is 24.3 Å². The fraction of sp³-hybridized carbons (Fsp3) is 0.372. The van der Waals surface area contributed by atoms with Crippen molar-refractivity contribution in [3.63, 3.8) is 0 Å². The highest BCUT2D eigenvalue weighted by atomic mass is 16.3. The molecule has 54 heavy (non-hydrogen) atoms. The second kappa shape index (κ2) is 15.5. The van der Waals surface area contributed by atoms with Gasteiger partial charge < -0.3 is 20.6 Å². The molecule has 3 aromatic carbocycles. The van der Waals surface area contributed by atoms with Gasteiger partial charge in [0.15, 0.2) is 0 Å². The number of amides is 4. The van der Waals surface area contributed by atoms with Crippen molar-refractivity contribution >= 4 is 35.0 Å². The largest absolute Gasteiger partial charge is 0.394 e. The first-order chi connectivity index (χ1) is 26.4. The first kappa shape index (κ1) is 35.6. The normalized spacial score (nSPS) is 21.9. The second-order valence-electron chi connectivity index (χ2n) is 15.0. The van der Waals surface area contributed by atoms with Gasteiger partial charge in [-0.1, -0.05) is 36.8 Å². The summed E-state index contributed by atoms with van der Waals surface area (Å²) < 4.78 is 0. The Labute approximate surface area is 315 Å². The minimum Gasteiger partial charge on any atom is -0.394 e. The second-order valence-corrected chi connectivity index (χ2v) is 15.0. The topological polar surface area (TPSA) is 144 Å². The van der Waals surface area contributed by atoms with Gasteiger partial charge in [0.1, 0.15) is 6.04 Å². The molecule has 1 aromatic heterocycles. The Morgan fingerprint density at radius 2 is 1.76 bits per heavy atom. The zero-order valence-electron chi connectivity index (χ0n) is 30.3. The summed E-state index contributed by atoms with van der Waals surface area (Å²) in [5.74, 6) is -0.578. The highest BCUT2D eigenvalue weighted by Gasteiger charge is 2.44. The summed E-state index contributed by atoms with van der Waals surface area (Å²) in [6, 6.07) is 23.9. The van der Waals surface area contributed by atoms with Crippen LogP contribution in [0, 0.1) is 5.92 Å². The van der Waals surface area contributed by atoms with Gasteiger partial charge in [0.2, 0.25) is 17.7 Å². The molecule has 0 spiro atoms. The number of fused-ring (bicyclic) bond motifs is 4. The summed E-state index contributed by atoms with van der Waals surface area (Å²) in [6.45, 7) is 2.25. The molecule has 8 rings (SSSR count). The molecule has 4 atom stereocenters. The van der Waals surface area contributed by atoms with E-state index >= 15 is 0 Å². The molecule has 2 fully saturated rings. The predicted octanol–water partition coefficient (Wildman–Crippen LogP) is 5.60. The number of pyridine rings is 1. The number of aromatic nitrogens is 1. The number of piperidine rings is 1. The number of nitrogens with one attached hydrogen (secondary N) is 3. The van der Waals surface area contributed by atoms with Gasteiger partial charge in [0, 0.05) is 67.2 Å². The van der Waals surface area contributed by atoms with Crippen LogP contribution in [0.3, 0.4) is 0 Å². The number of carbonyl (C=O) groups is 4. The number of benzene rings is 3. The van der Waals surface area contributed by atoms with Gasteiger partial charge in [-0.15, -0.1) is 0 Å².